The minimum Gasteiger partial charge on any atom is -0.216 e. The van der Waals surface area contributed by atoms with Crippen LogP contribution in [0.5, 0.6) is 0 Å². The highest BCUT2D eigenvalue weighted by Crippen LogP contribution is 2.19. The van der Waals surface area contributed by atoms with Crippen LogP contribution in [0, 0.1) is 13.8 Å². The summed E-state index contributed by atoms with van der Waals surface area (Å²) in [5.74, 6) is 0.655. The summed E-state index contributed by atoms with van der Waals surface area (Å²) in [5.41, 5.74) is 0.341. The summed E-state index contributed by atoms with van der Waals surface area (Å²) in [6.07, 6.45) is -2.57. The second-order valence-corrected chi connectivity index (χ2v) is 2.99. The predicted octanol–water partition coefficient (Wildman–Crippen LogP) is 2.70. The van der Waals surface area contributed by atoms with Gasteiger partial charge in [-0.3, -0.25) is 0 Å². The van der Waals surface area contributed by atoms with Crippen molar-refractivity contribution >= 4 is 5.78 Å². The maximum absolute atomic E-state index is 12.6. The van der Waals surface area contributed by atoms with Crippen LogP contribution in [0.4, 0.5) is 8.78 Å². The molecule has 2 rings (SSSR count). The number of fused-ring (bicyclic) bond motifs is 1. The molecule has 2 aromatic rings. The fraction of sp³-hybridized carbons (Fsp3) is 0.500. The van der Waals surface area contributed by atoms with Gasteiger partial charge in [-0.1, -0.05) is 13.8 Å². The molecule has 0 aliphatic carbocycles. The van der Waals surface area contributed by atoms with Gasteiger partial charge in [0.15, 0.2) is 0 Å². The molecule has 0 amide bonds. The Balaban J connectivity index is 0.000000606. The van der Waals surface area contributed by atoms with E-state index in [0.717, 1.165) is 4.52 Å². The number of hydrogen-bond acceptors (Lipinski definition) is 3. The van der Waals surface area contributed by atoms with Crippen LogP contribution in [0.25, 0.3) is 5.78 Å². The zero-order chi connectivity index (χ0) is 12.3. The van der Waals surface area contributed by atoms with Gasteiger partial charge in [0.2, 0.25) is 0 Å². The Kier molecular flexibility index (Phi) is 3.87. The Morgan fingerprint density at radius 1 is 1.19 bits per heavy atom. The fourth-order valence-corrected chi connectivity index (χ4v) is 1.27. The van der Waals surface area contributed by atoms with E-state index >= 15 is 0 Å². The second-order valence-electron chi connectivity index (χ2n) is 2.99. The van der Waals surface area contributed by atoms with Gasteiger partial charge < -0.3 is 0 Å². The molecule has 0 bridgehead atoms. The van der Waals surface area contributed by atoms with E-state index in [4.69, 9.17) is 0 Å². The van der Waals surface area contributed by atoms with Crippen LogP contribution >= 0.6 is 0 Å². The summed E-state index contributed by atoms with van der Waals surface area (Å²) in [6, 6.07) is 1.31. The van der Waals surface area contributed by atoms with Crippen molar-refractivity contribution in [2.75, 3.05) is 0 Å². The minimum absolute atomic E-state index is 0.173. The van der Waals surface area contributed by atoms with E-state index in [0.29, 0.717) is 11.5 Å². The third-order valence-corrected chi connectivity index (χ3v) is 1.80. The fourth-order valence-electron chi connectivity index (χ4n) is 1.27. The van der Waals surface area contributed by atoms with Gasteiger partial charge in [-0.2, -0.15) is 9.50 Å². The van der Waals surface area contributed by atoms with Crippen molar-refractivity contribution < 1.29 is 8.78 Å². The lowest BCUT2D eigenvalue weighted by atomic mass is 10.3. The first kappa shape index (κ1) is 12.5. The SMILES string of the molecule is CC.Cc1cc(C(F)F)n2nc(C)nc2n1. The van der Waals surface area contributed by atoms with Gasteiger partial charge in [-0.15, -0.1) is 5.10 Å². The highest BCUT2D eigenvalue weighted by atomic mass is 19.3. The Bertz CT molecular complexity index is 479. The van der Waals surface area contributed by atoms with E-state index in [2.05, 4.69) is 15.1 Å². The lowest BCUT2D eigenvalue weighted by Gasteiger charge is -2.02. The summed E-state index contributed by atoms with van der Waals surface area (Å²) >= 11 is 0. The Labute approximate surface area is 92.3 Å². The Morgan fingerprint density at radius 2 is 1.81 bits per heavy atom. The number of alkyl halides is 2. The van der Waals surface area contributed by atoms with Gasteiger partial charge in [0.1, 0.15) is 11.5 Å². The molecule has 0 fully saturated rings. The van der Waals surface area contributed by atoms with Gasteiger partial charge in [-0.25, -0.2) is 13.8 Å². The van der Waals surface area contributed by atoms with Gasteiger partial charge in [-0.05, 0) is 19.9 Å². The average molecular weight is 228 g/mol. The van der Waals surface area contributed by atoms with Crippen LogP contribution in [-0.2, 0) is 0 Å². The van der Waals surface area contributed by atoms with Gasteiger partial charge in [0, 0.05) is 5.69 Å². The molecule has 6 heteroatoms. The van der Waals surface area contributed by atoms with Crippen molar-refractivity contribution in [1.82, 2.24) is 19.6 Å². The maximum Gasteiger partial charge on any atom is 0.280 e. The molecule has 0 saturated carbocycles. The van der Waals surface area contributed by atoms with Gasteiger partial charge in [0.05, 0.1) is 0 Å². The highest BCUT2D eigenvalue weighted by Gasteiger charge is 2.15. The largest absolute Gasteiger partial charge is 0.280 e. The van der Waals surface area contributed by atoms with E-state index in [1.54, 1.807) is 13.8 Å². The third-order valence-electron chi connectivity index (χ3n) is 1.80. The molecule has 88 valence electrons. The molecule has 0 radical (unpaired) electrons. The molecular weight excluding hydrogens is 214 g/mol. The number of nitrogens with zero attached hydrogens (tertiary/aromatic N) is 4. The van der Waals surface area contributed by atoms with Crippen molar-refractivity contribution in [2.24, 2.45) is 0 Å². The molecule has 0 saturated heterocycles. The summed E-state index contributed by atoms with van der Waals surface area (Å²) in [7, 11) is 0. The molecule has 0 unspecified atom stereocenters. The summed E-state index contributed by atoms with van der Waals surface area (Å²) < 4.78 is 26.2. The number of rotatable bonds is 1. The Morgan fingerprint density at radius 3 is 2.38 bits per heavy atom. The standard InChI is InChI=1S/C8H8F2N4.C2H6/c1-4-3-6(7(9)10)14-8(11-4)12-5(2)13-14;1-2/h3,7H,1-2H3;1-2H3. The molecular formula is C10H14F2N4. The van der Waals surface area contributed by atoms with Crippen LogP contribution in [0.3, 0.4) is 0 Å². The van der Waals surface area contributed by atoms with Gasteiger partial charge >= 0.3 is 0 Å². The van der Waals surface area contributed by atoms with Crippen LogP contribution in [0.2, 0.25) is 0 Å². The molecule has 0 aliphatic heterocycles. The average Bonchev–Trinajstić information content (AvgIpc) is 2.59. The van der Waals surface area contributed by atoms with Crippen LogP contribution < -0.4 is 0 Å². The van der Waals surface area contributed by atoms with Crippen molar-refractivity contribution in [2.45, 2.75) is 34.1 Å². The monoisotopic (exact) mass is 228 g/mol. The smallest absolute Gasteiger partial charge is 0.216 e. The van der Waals surface area contributed by atoms with Crippen molar-refractivity contribution in [1.29, 1.82) is 0 Å². The lowest BCUT2D eigenvalue weighted by Crippen LogP contribution is -2.02. The molecule has 0 spiro atoms. The molecule has 0 aromatic carbocycles. The van der Waals surface area contributed by atoms with E-state index < -0.39 is 6.43 Å². The molecule has 2 aromatic heterocycles. The van der Waals surface area contributed by atoms with E-state index in [1.165, 1.54) is 6.07 Å². The third kappa shape index (κ3) is 2.32. The first-order chi connectivity index (χ1) is 7.58. The summed E-state index contributed by atoms with van der Waals surface area (Å²) in [5, 5.41) is 3.84. The number of aryl methyl sites for hydroxylation is 2. The number of halogens is 2. The first-order valence-corrected chi connectivity index (χ1v) is 5.07. The quantitative estimate of drug-likeness (QED) is 0.753. The van der Waals surface area contributed by atoms with Gasteiger partial charge in [0.25, 0.3) is 12.2 Å². The lowest BCUT2D eigenvalue weighted by molar-refractivity contribution is 0.143. The zero-order valence-corrected chi connectivity index (χ0v) is 9.70. The van der Waals surface area contributed by atoms with Crippen LogP contribution in [-0.4, -0.2) is 19.6 Å². The van der Waals surface area contributed by atoms with Crippen LogP contribution in [0.1, 0.15) is 37.5 Å². The van der Waals surface area contributed by atoms with Crippen molar-refractivity contribution in [3.8, 4) is 0 Å². The minimum atomic E-state index is -2.57. The molecule has 16 heavy (non-hydrogen) atoms. The molecule has 2 heterocycles. The molecule has 0 atom stereocenters. The normalized spacial score (nSPS) is 10.4. The summed E-state index contributed by atoms with van der Waals surface area (Å²) in [4.78, 5) is 7.92. The van der Waals surface area contributed by atoms with E-state index in [9.17, 15) is 8.78 Å². The van der Waals surface area contributed by atoms with E-state index in [1.807, 2.05) is 13.8 Å². The van der Waals surface area contributed by atoms with E-state index in [-0.39, 0.29) is 11.5 Å². The highest BCUT2D eigenvalue weighted by molar-refractivity contribution is 5.31. The maximum atomic E-state index is 12.6. The topological polar surface area (TPSA) is 43.1 Å². The molecule has 0 aliphatic rings. The van der Waals surface area contributed by atoms with Crippen molar-refractivity contribution in [3.63, 3.8) is 0 Å². The zero-order valence-electron chi connectivity index (χ0n) is 9.70. The molecule has 0 N–H and O–H groups in total. The number of aromatic nitrogens is 4. The van der Waals surface area contributed by atoms with Crippen molar-refractivity contribution in [3.05, 3.63) is 23.3 Å². The Hall–Kier alpha value is -1.59. The van der Waals surface area contributed by atoms with Crippen LogP contribution in [0.15, 0.2) is 6.07 Å². The first-order valence-electron chi connectivity index (χ1n) is 5.07. The number of hydrogen-bond donors (Lipinski definition) is 0. The predicted molar refractivity (Wildman–Crippen MR) is 56.6 cm³/mol. The molecule has 4 nitrogen and oxygen atoms in total. The summed E-state index contributed by atoms with van der Waals surface area (Å²) in [6.45, 7) is 7.29. The second kappa shape index (κ2) is 4.96.